The summed E-state index contributed by atoms with van der Waals surface area (Å²) in [5.74, 6) is 0.853. The molecule has 0 radical (unpaired) electrons. The molecule has 2 rings (SSSR count). The molecule has 2 heteroatoms. The Bertz CT molecular complexity index is 111. The molecular formula is C8H14O2. The highest BCUT2D eigenvalue weighted by molar-refractivity contribution is 4.92. The van der Waals surface area contributed by atoms with Crippen LogP contribution < -0.4 is 0 Å². The van der Waals surface area contributed by atoms with Crippen molar-refractivity contribution in [3.05, 3.63) is 0 Å². The molecule has 2 nitrogen and oxygen atoms in total. The van der Waals surface area contributed by atoms with E-state index in [2.05, 4.69) is 0 Å². The molecule has 2 aliphatic carbocycles. The zero-order chi connectivity index (χ0) is 7.14. The molecule has 2 atom stereocenters. The van der Waals surface area contributed by atoms with Crippen LogP contribution in [0, 0.1) is 11.8 Å². The van der Waals surface area contributed by atoms with Crippen molar-refractivity contribution in [1.29, 1.82) is 0 Å². The van der Waals surface area contributed by atoms with Crippen LogP contribution in [0.3, 0.4) is 0 Å². The molecule has 0 aromatic rings. The molecule has 0 heterocycles. The van der Waals surface area contributed by atoms with E-state index >= 15 is 0 Å². The Kier molecular flexibility index (Phi) is 1.46. The first-order chi connectivity index (χ1) is 4.79. The summed E-state index contributed by atoms with van der Waals surface area (Å²) >= 11 is 0. The van der Waals surface area contributed by atoms with Crippen molar-refractivity contribution in [2.75, 3.05) is 0 Å². The van der Waals surface area contributed by atoms with Crippen LogP contribution in [0.4, 0.5) is 0 Å². The second-order valence-electron chi connectivity index (χ2n) is 3.66. The summed E-state index contributed by atoms with van der Waals surface area (Å²) in [5, 5.41) is 18.8. The molecule has 2 aliphatic rings. The molecule has 0 spiro atoms. The van der Waals surface area contributed by atoms with E-state index in [1.54, 1.807) is 0 Å². The Balaban J connectivity index is 1.83. The average molecular weight is 142 g/mol. The van der Waals surface area contributed by atoms with Gasteiger partial charge in [-0.25, -0.2) is 0 Å². The topological polar surface area (TPSA) is 40.5 Å². The SMILES string of the molecule is OC(C1CC1)C(O)C1CC1. The molecule has 0 aromatic heterocycles. The first-order valence-corrected chi connectivity index (χ1v) is 4.15. The number of hydrogen-bond donors (Lipinski definition) is 2. The van der Waals surface area contributed by atoms with Crippen molar-refractivity contribution in [3.63, 3.8) is 0 Å². The first-order valence-electron chi connectivity index (χ1n) is 4.15. The van der Waals surface area contributed by atoms with Crippen LogP contribution in [-0.4, -0.2) is 22.4 Å². The zero-order valence-corrected chi connectivity index (χ0v) is 6.03. The van der Waals surface area contributed by atoms with Crippen LogP contribution in [0.1, 0.15) is 25.7 Å². The van der Waals surface area contributed by atoms with Gasteiger partial charge in [0.2, 0.25) is 0 Å². The largest absolute Gasteiger partial charge is 0.390 e. The molecule has 10 heavy (non-hydrogen) atoms. The molecule has 2 saturated carbocycles. The van der Waals surface area contributed by atoms with Crippen LogP contribution in [0.25, 0.3) is 0 Å². The highest BCUT2D eigenvalue weighted by Gasteiger charge is 2.41. The van der Waals surface area contributed by atoms with Crippen LogP contribution in [-0.2, 0) is 0 Å². The quantitative estimate of drug-likeness (QED) is 0.603. The predicted molar refractivity (Wildman–Crippen MR) is 37.5 cm³/mol. The zero-order valence-electron chi connectivity index (χ0n) is 6.03. The third kappa shape index (κ3) is 1.18. The maximum atomic E-state index is 9.42. The summed E-state index contributed by atoms with van der Waals surface area (Å²) in [5.41, 5.74) is 0. The fourth-order valence-corrected chi connectivity index (χ4v) is 1.43. The first kappa shape index (κ1) is 6.62. The monoisotopic (exact) mass is 142 g/mol. The van der Waals surface area contributed by atoms with Crippen molar-refractivity contribution in [2.24, 2.45) is 11.8 Å². The second kappa shape index (κ2) is 2.21. The lowest BCUT2D eigenvalue weighted by molar-refractivity contribution is -0.00642. The van der Waals surface area contributed by atoms with Crippen molar-refractivity contribution in [2.45, 2.75) is 37.9 Å². The average Bonchev–Trinajstić information content (AvgIpc) is 2.73. The predicted octanol–water partition coefficient (Wildman–Crippen LogP) is 0.528. The maximum absolute atomic E-state index is 9.42. The Morgan fingerprint density at radius 3 is 1.30 bits per heavy atom. The standard InChI is InChI=1S/C8H14O2/c9-7(5-1-2-5)8(10)6-3-4-6/h5-10H,1-4H2. The molecule has 58 valence electrons. The minimum atomic E-state index is -0.410. The highest BCUT2D eigenvalue weighted by atomic mass is 16.3. The van der Waals surface area contributed by atoms with Gasteiger partial charge in [-0.15, -0.1) is 0 Å². The Hall–Kier alpha value is -0.0800. The van der Waals surface area contributed by atoms with Crippen molar-refractivity contribution in [3.8, 4) is 0 Å². The number of aliphatic hydroxyl groups is 2. The van der Waals surface area contributed by atoms with Gasteiger partial charge in [0.05, 0.1) is 12.2 Å². The smallest absolute Gasteiger partial charge is 0.0829 e. The van der Waals surface area contributed by atoms with E-state index in [1.807, 2.05) is 0 Å². The van der Waals surface area contributed by atoms with Gasteiger partial charge in [0.25, 0.3) is 0 Å². The molecule has 0 saturated heterocycles. The van der Waals surface area contributed by atoms with Gasteiger partial charge in [-0.3, -0.25) is 0 Å². The van der Waals surface area contributed by atoms with E-state index in [1.165, 1.54) is 0 Å². The van der Waals surface area contributed by atoms with Crippen LogP contribution in [0.5, 0.6) is 0 Å². The summed E-state index contributed by atoms with van der Waals surface area (Å²) < 4.78 is 0. The molecule has 2 N–H and O–H groups in total. The van der Waals surface area contributed by atoms with Crippen LogP contribution in [0.2, 0.25) is 0 Å². The highest BCUT2D eigenvalue weighted by Crippen LogP contribution is 2.41. The van der Waals surface area contributed by atoms with Gasteiger partial charge < -0.3 is 10.2 Å². The molecule has 0 aromatic carbocycles. The lowest BCUT2D eigenvalue weighted by atomic mass is 10.1. The van der Waals surface area contributed by atoms with Crippen LogP contribution in [0.15, 0.2) is 0 Å². The number of hydrogen-bond acceptors (Lipinski definition) is 2. The van der Waals surface area contributed by atoms with Crippen molar-refractivity contribution in [1.82, 2.24) is 0 Å². The van der Waals surface area contributed by atoms with Gasteiger partial charge >= 0.3 is 0 Å². The van der Waals surface area contributed by atoms with Gasteiger partial charge in [-0.2, -0.15) is 0 Å². The summed E-state index contributed by atoms with van der Waals surface area (Å²) in [6, 6.07) is 0. The van der Waals surface area contributed by atoms with E-state index in [-0.39, 0.29) is 0 Å². The summed E-state index contributed by atoms with van der Waals surface area (Å²) in [4.78, 5) is 0. The lowest BCUT2D eigenvalue weighted by Crippen LogP contribution is -2.29. The Labute approximate surface area is 60.9 Å². The van der Waals surface area contributed by atoms with E-state index in [0.29, 0.717) is 11.8 Å². The molecule has 2 unspecified atom stereocenters. The van der Waals surface area contributed by atoms with Crippen molar-refractivity contribution < 1.29 is 10.2 Å². The third-order valence-corrected chi connectivity index (χ3v) is 2.56. The Morgan fingerprint density at radius 1 is 0.800 bits per heavy atom. The maximum Gasteiger partial charge on any atom is 0.0829 e. The van der Waals surface area contributed by atoms with Gasteiger partial charge in [-0.1, -0.05) is 0 Å². The summed E-state index contributed by atoms with van der Waals surface area (Å²) in [7, 11) is 0. The number of rotatable bonds is 3. The fourth-order valence-electron chi connectivity index (χ4n) is 1.43. The minimum Gasteiger partial charge on any atom is -0.390 e. The van der Waals surface area contributed by atoms with Gasteiger partial charge in [0.1, 0.15) is 0 Å². The molecule has 0 bridgehead atoms. The van der Waals surface area contributed by atoms with Gasteiger partial charge in [0.15, 0.2) is 0 Å². The molecular weight excluding hydrogens is 128 g/mol. The van der Waals surface area contributed by atoms with Gasteiger partial charge in [0, 0.05) is 0 Å². The normalized spacial score (nSPS) is 31.8. The molecule has 0 aliphatic heterocycles. The van der Waals surface area contributed by atoms with E-state index in [4.69, 9.17) is 0 Å². The van der Waals surface area contributed by atoms with E-state index < -0.39 is 12.2 Å². The fraction of sp³-hybridized carbons (Fsp3) is 1.00. The van der Waals surface area contributed by atoms with Gasteiger partial charge in [-0.05, 0) is 37.5 Å². The summed E-state index contributed by atoms with van der Waals surface area (Å²) in [6.07, 6.45) is 3.64. The molecule has 2 fully saturated rings. The Morgan fingerprint density at radius 2 is 1.10 bits per heavy atom. The minimum absolute atomic E-state index is 0.410. The van der Waals surface area contributed by atoms with Crippen LogP contribution >= 0.6 is 0 Å². The third-order valence-electron chi connectivity index (χ3n) is 2.56. The lowest BCUT2D eigenvalue weighted by Gasteiger charge is -2.15. The summed E-state index contributed by atoms with van der Waals surface area (Å²) in [6.45, 7) is 0. The number of aliphatic hydroxyl groups excluding tert-OH is 2. The van der Waals surface area contributed by atoms with Crippen molar-refractivity contribution >= 4 is 0 Å². The second-order valence-corrected chi connectivity index (χ2v) is 3.66. The van der Waals surface area contributed by atoms with E-state index in [0.717, 1.165) is 25.7 Å². The molecule has 0 amide bonds. The van der Waals surface area contributed by atoms with E-state index in [9.17, 15) is 10.2 Å².